The van der Waals surface area contributed by atoms with Crippen molar-refractivity contribution < 1.29 is 15.0 Å². The second kappa shape index (κ2) is 4.11. The van der Waals surface area contributed by atoms with Crippen molar-refractivity contribution >= 4 is 5.97 Å². The van der Waals surface area contributed by atoms with Crippen molar-refractivity contribution in [1.82, 2.24) is 4.90 Å². The van der Waals surface area contributed by atoms with Gasteiger partial charge < -0.3 is 10.2 Å². The fraction of sp³-hybridized carbons (Fsp3) is 0.625. The number of aliphatic hydroxyl groups is 1. The van der Waals surface area contributed by atoms with Crippen LogP contribution in [-0.2, 0) is 4.79 Å². The van der Waals surface area contributed by atoms with E-state index in [1.165, 1.54) is 0 Å². The molecule has 1 heterocycles. The van der Waals surface area contributed by atoms with E-state index in [1.807, 2.05) is 4.90 Å². The van der Waals surface area contributed by atoms with Gasteiger partial charge in [-0.15, -0.1) is 0 Å². The highest BCUT2D eigenvalue weighted by atomic mass is 16.4. The normalized spacial score (nSPS) is 25.2. The van der Waals surface area contributed by atoms with Gasteiger partial charge in [-0.1, -0.05) is 0 Å². The second-order valence-electron chi connectivity index (χ2n) is 2.88. The lowest BCUT2D eigenvalue weighted by molar-refractivity contribution is -0.141. The van der Waals surface area contributed by atoms with Crippen molar-refractivity contribution in [2.24, 2.45) is 0 Å². The molecule has 1 fully saturated rings. The van der Waals surface area contributed by atoms with Crippen molar-refractivity contribution in [3.8, 4) is 0 Å². The van der Waals surface area contributed by atoms with Crippen molar-refractivity contribution in [2.75, 3.05) is 13.1 Å². The monoisotopic (exact) mass is 171 g/mol. The summed E-state index contributed by atoms with van der Waals surface area (Å²) in [6.07, 6.45) is 4.16. The fourth-order valence-electron chi connectivity index (χ4n) is 1.51. The number of hydrogen-bond donors (Lipinski definition) is 2. The first-order valence-electron chi connectivity index (χ1n) is 4.02. The Morgan fingerprint density at radius 1 is 1.67 bits per heavy atom. The number of carboxylic acid groups (broad SMARTS) is 1. The quantitative estimate of drug-likeness (QED) is 0.611. The minimum atomic E-state index is -0.765. The summed E-state index contributed by atoms with van der Waals surface area (Å²) in [4.78, 5) is 12.5. The molecule has 0 aromatic rings. The van der Waals surface area contributed by atoms with Gasteiger partial charge in [-0.3, -0.25) is 9.69 Å². The number of rotatable bonds is 3. The van der Waals surface area contributed by atoms with Gasteiger partial charge >= 0.3 is 5.97 Å². The minimum Gasteiger partial charge on any atom is -0.516 e. The number of nitrogens with zero attached hydrogens (tertiary/aromatic N) is 1. The van der Waals surface area contributed by atoms with Crippen LogP contribution in [0, 0.1) is 0 Å². The summed E-state index contributed by atoms with van der Waals surface area (Å²) in [5, 5.41) is 17.2. The summed E-state index contributed by atoms with van der Waals surface area (Å²) < 4.78 is 0. The summed E-state index contributed by atoms with van der Waals surface area (Å²) in [6, 6.07) is -0.360. The Hall–Kier alpha value is -1.03. The average Bonchev–Trinajstić information content (AvgIpc) is 2.48. The zero-order valence-electron chi connectivity index (χ0n) is 6.81. The van der Waals surface area contributed by atoms with Crippen LogP contribution < -0.4 is 0 Å². The molecule has 1 aliphatic rings. The largest absolute Gasteiger partial charge is 0.516 e. The SMILES string of the molecule is O=C(O)[C@@H]1CCCN1CC=CO. The average molecular weight is 171 g/mol. The third-order valence-corrected chi connectivity index (χ3v) is 2.09. The van der Waals surface area contributed by atoms with Crippen LogP contribution >= 0.6 is 0 Å². The maximum Gasteiger partial charge on any atom is 0.320 e. The number of likely N-dealkylation sites (tertiary alicyclic amines) is 1. The molecule has 2 N–H and O–H groups in total. The Kier molecular flexibility index (Phi) is 3.10. The molecule has 0 aromatic heterocycles. The first kappa shape index (κ1) is 9.06. The highest BCUT2D eigenvalue weighted by Crippen LogP contribution is 2.16. The van der Waals surface area contributed by atoms with Crippen molar-refractivity contribution in [1.29, 1.82) is 0 Å². The summed E-state index contributed by atoms with van der Waals surface area (Å²) >= 11 is 0. The van der Waals surface area contributed by atoms with Gasteiger partial charge in [0.15, 0.2) is 0 Å². The minimum absolute atomic E-state index is 0.360. The number of aliphatic carboxylic acids is 1. The van der Waals surface area contributed by atoms with E-state index in [0.29, 0.717) is 13.0 Å². The molecule has 1 saturated heterocycles. The van der Waals surface area contributed by atoms with E-state index in [2.05, 4.69) is 0 Å². The van der Waals surface area contributed by atoms with E-state index >= 15 is 0 Å². The summed E-state index contributed by atoms with van der Waals surface area (Å²) in [6.45, 7) is 1.33. The van der Waals surface area contributed by atoms with Gasteiger partial charge in [-0.05, 0) is 25.5 Å². The number of hydrogen-bond acceptors (Lipinski definition) is 3. The van der Waals surface area contributed by atoms with Crippen LogP contribution in [0.3, 0.4) is 0 Å². The molecule has 0 bridgehead atoms. The van der Waals surface area contributed by atoms with E-state index in [-0.39, 0.29) is 6.04 Å². The first-order chi connectivity index (χ1) is 5.75. The Bertz CT molecular complexity index is 191. The van der Waals surface area contributed by atoms with E-state index in [1.54, 1.807) is 6.08 Å². The van der Waals surface area contributed by atoms with Crippen molar-refractivity contribution in [2.45, 2.75) is 18.9 Å². The van der Waals surface area contributed by atoms with E-state index in [4.69, 9.17) is 10.2 Å². The maximum atomic E-state index is 10.6. The Balaban J connectivity index is 2.46. The smallest absolute Gasteiger partial charge is 0.320 e. The molecule has 12 heavy (non-hydrogen) atoms. The predicted octanol–water partition coefficient (Wildman–Crippen LogP) is 0.607. The maximum absolute atomic E-state index is 10.6. The van der Waals surface area contributed by atoms with Crippen LogP contribution in [-0.4, -0.2) is 40.2 Å². The van der Waals surface area contributed by atoms with Gasteiger partial charge in [0, 0.05) is 6.54 Å². The number of carboxylic acids is 1. The van der Waals surface area contributed by atoms with Crippen LogP contribution in [0.15, 0.2) is 12.3 Å². The molecule has 1 aliphatic heterocycles. The molecule has 4 heteroatoms. The van der Waals surface area contributed by atoms with Crippen LogP contribution in [0.25, 0.3) is 0 Å². The van der Waals surface area contributed by atoms with E-state index < -0.39 is 5.97 Å². The molecule has 68 valence electrons. The number of aliphatic hydroxyl groups excluding tert-OH is 1. The van der Waals surface area contributed by atoms with E-state index in [9.17, 15) is 4.79 Å². The van der Waals surface area contributed by atoms with Gasteiger partial charge in [0.05, 0.1) is 6.26 Å². The lowest BCUT2D eigenvalue weighted by Gasteiger charge is -2.18. The lowest BCUT2D eigenvalue weighted by atomic mass is 10.2. The first-order valence-corrected chi connectivity index (χ1v) is 4.02. The highest BCUT2D eigenvalue weighted by Gasteiger charge is 2.29. The highest BCUT2D eigenvalue weighted by molar-refractivity contribution is 5.73. The molecule has 0 saturated carbocycles. The predicted molar refractivity (Wildman–Crippen MR) is 44.0 cm³/mol. The molecular weight excluding hydrogens is 158 g/mol. The third-order valence-electron chi connectivity index (χ3n) is 2.09. The van der Waals surface area contributed by atoms with Crippen molar-refractivity contribution in [3.63, 3.8) is 0 Å². The molecule has 1 atom stereocenters. The Labute approximate surface area is 71.1 Å². The van der Waals surface area contributed by atoms with Gasteiger partial charge in [0.1, 0.15) is 6.04 Å². The van der Waals surface area contributed by atoms with Crippen LogP contribution in [0.1, 0.15) is 12.8 Å². The van der Waals surface area contributed by atoms with E-state index in [0.717, 1.165) is 19.2 Å². The third kappa shape index (κ3) is 1.98. The van der Waals surface area contributed by atoms with Gasteiger partial charge in [-0.25, -0.2) is 0 Å². The molecule has 4 nitrogen and oxygen atoms in total. The zero-order chi connectivity index (χ0) is 8.97. The van der Waals surface area contributed by atoms with Gasteiger partial charge in [-0.2, -0.15) is 0 Å². The molecule has 0 spiro atoms. The standard InChI is InChI=1S/C8H13NO3/c10-6-2-5-9-4-1-3-7(9)8(11)12/h2,6-7,10H,1,3-5H2,(H,11,12)/t7-/m0/s1. The summed E-state index contributed by atoms with van der Waals surface area (Å²) in [5.41, 5.74) is 0. The molecule has 0 aliphatic carbocycles. The van der Waals surface area contributed by atoms with Gasteiger partial charge in [0.2, 0.25) is 0 Å². The summed E-state index contributed by atoms with van der Waals surface area (Å²) in [5.74, 6) is -0.765. The molecule has 0 unspecified atom stereocenters. The molecule has 0 amide bonds. The fourth-order valence-corrected chi connectivity index (χ4v) is 1.51. The molecule has 0 radical (unpaired) electrons. The zero-order valence-corrected chi connectivity index (χ0v) is 6.81. The van der Waals surface area contributed by atoms with Crippen LogP contribution in [0.5, 0.6) is 0 Å². The van der Waals surface area contributed by atoms with Crippen molar-refractivity contribution in [3.05, 3.63) is 12.3 Å². The summed E-state index contributed by atoms with van der Waals surface area (Å²) in [7, 11) is 0. The van der Waals surface area contributed by atoms with Crippen LogP contribution in [0.2, 0.25) is 0 Å². The lowest BCUT2D eigenvalue weighted by Crippen LogP contribution is -2.35. The second-order valence-corrected chi connectivity index (χ2v) is 2.88. The number of carbonyl (C=O) groups is 1. The molecular formula is C8H13NO3. The molecule has 1 rings (SSSR count). The van der Waals surface area contributed by atoms with Crippen LogP contribution in [0.4, 0.5) is 0 Å². The molecule has 0 aromatic carbocycles. The Morgan fingerprint density at radius 3 is 3.00 bits per heavy atom. The Morgan fingerprint density at radius 2 is 2.42 bits per heavy atom. The topological polar surface area (TPSA) is 60.8 Å². The van der Waals surface area contributed by atoms with Gasteiger partial charge in [0.25, 0.3) is 0 Å².